The predicted molar refractivity (Wildman–Crippen MR) is 125 cm³/mol. The molecule has 32 heavy (non-hydrogen) atoms. The number of hydrogen-bond acceptors (Lipinski definition) is 5. The quantitative estimate of drug-likeness (QED) is 0.341. The first-order valence-corrected chi connectivity index (χ1v) is 16.6. The molecule has 2 aromatic carbocycles. The number of aliphatic imine (C=N–C) groups is 2. The smallest absolute Gasteiger partial charge is 0.236 e. The van der Waals surface area contributed by atoms with Crippen molar-refractivity contribution in [2.75, 3.05) is 13.2 Å². The number of hydrogen-bond donors (Lipinski definition) is 0. The van der Waals surface area contributed by atoms with Crippen LogP contribution in [0.25, 0.3) is 0 Å². The van der Waals surface area contributed by atoms with E-state index in [4.69, 9.17) is 38.9 Å². The Morgan fingerprint density at radius 1 is 0.625 bits per heavy atom. The molecule has 0 amide bonds. The van der Waals surface area contributed by atoms with Crippen molar-refractivity contribution in [3.63, 3.8) is 0 Å². The van der Waals surface area contributed by atoms with Gasteiger partial charge < -0.3 is 9.47 Å². The number of rotatable bonds is 4. The second kappa shape index (κ2) is 11.7. The third-order valence-electron chi connectivity index (χ3n) is 4.86. The van der Waals surface area contributed by atoms with Crippen molar-refractivity contribution in [3.8, 4) is 0 Å². The van der Waals surface area contributed by atoms with E-state index in [-0.39, 0.29) is 12.1 Å². The van der Waals surface area contributed by atoms with E-state index in [0.29, 0.717) is 36.4 Å². The van der Waals surface area contributed by atoms with E-state index in [9.17, 15) is 0 Å². The van der Waals surface area contributed by atoms with E-state index in [1.165, 1.54) is 0 Å². The van der Waals surface area contributed by atoms with Crippen LogP contribution in [0, 0.1) is 27.0 Å². The second-order valence-electron chi connectivity index (χ2n) is 6.88. The Hall–Kier alpha value is -1.35. The van der Waals surface area contributed by atoms with Crippen LogP contribution in [0.4, 0.5) is 0 Å². The number of halogens is 3. The summed E-state index contributed by atoms with van der Waals surface area (Å²) in [5.74, 6) is 1.13. The summed E-state index contributed by atoms with van der Waals surface area (Å²) >= 11 is -1.72. The van der Waals surface area contributed by atoms with Crippen molar-refractivity contribution < 1.29 is 36.5 Å². The number of nitrogens with zero attached hydrogens (tertiary/aromatic N) is 3. The van der Waals surface area contributed by atoms with Crippen molar-refractivity contribution in [3.05, 3.63) is 101 Å². The molecule has 2 atom stereocenters. The van der Waals surface area contributed by atoms with Crippen LogP contribution in [-0.2, 0) is 9.47 Å². The molecule has 0 saturated heterocycles. The van der Waals surface area contributed by atoms with Crippen LogP contribution >= 0.6 is 19.4 Å². The minimum atomic E-state index is -1.72. The van der Waals surface area contributed by atoms with E-state index in [1.54, 1.807) is 0 Å². The van der Waals surface area contributed by atoms with Crippen LogP contribution in [0.2, 0.25) is 0 Å². The molecule has 0 fully saturated rings. The fourth-order valence-electron chi connectivity index (χ4n) is 3.39. The molecule has 3 heterocycles. The first kappa shape index (κ1) is 23.8. The number of benzene rings is 2. The van der Waals surface area contributed by atoms with E-state index < -0.39 is 27.0 Å². The Balaban J connectivity index is 0.000000567. The Morgan fingerprint density at radius 3 is 1.44 bits per heavy atom. The van der Waals surface area contributed by atoms with Crippen molar-refractivity contribution in [2.24, 2.45) is 9.98 Å². The molecule has 0 radical (unpaired) electrons. The molecule has 5 nitrogen and oxygen atoms in total. The molecule has 171 valence electrons. The Labute approximate surface area is 207 Å². The van der Waals surface area contributed by atoms with Crippen LogP contribution in [0.5, 0.6) is 0 Å². The van der Waals surface area contributed by atoms with Gasteiger partial charge in [0.1, 0.15) is 36.7 Å². The summed E-state index contributed by atoms with van der Waals surface area (Å²) in [7, 11) is 0. The standard InChI is InChI=1S/C23H19N3O2.3ClH.Er/c1-3-8-16(9-4-1)20-14-27-22(25-20)18-12-7-13-19(24-18)23-26-21(15-28-23)17-10-5-2-6-11-17;;;;/h1-13,20-21H,14-15H2;3*1H;/q;;;;+3/p-3/t20-,21-;;;;/m1..../s1. The van der Waals surface area contributed by atoms with Gasteiger partial charge in [-0.15, -0.1) is 0 Å². The van der Waals surface area contributed by atoms with Crippen LogP contribution in [0.1, 0.15) is 34.6 Å². The SMILES string of the molecule is [Cl][Er]([Cl])[Cl].c1ccc([C@H]2COC(c3cccc(C4=N[C@@H](c5ccccc5)CO4)n3)=N2)cc1. The maximum Gasteiger partial charge on any atom is 0.236 e. The second-order valence-corrected chi connectivity index (χ2v) is 15.0. The van der Waals surface area contributed by atoms with Crippen molar-refractivity contribution >= 4 is 31.2 Å². The van der Waals surface area contributed by atoms with Crippen molar-refractivity contribution in [2.45, 2.75) is 12.1 Å². The summed E-state index contributed by atoms with van der Waals surface area (Å²) in [6.45, 7) is 15.9. The Kier molecular flexibility index (Phi) is 8.68. The molecular weight excluding hydrogens is 624 g/mol. The maximum absolute atomic E-state index is 5.82. The molecule has 0 N–H and O–H groups in total. The molecule has 0 spiro atoms. The van der Waals surface area contributed by atoms with E-state index in [1.807, 2.05) is 54.6 Å². The van der Waals surface area contributed by atoms with Gasteiger partial charge in [-0.1, -0.05) is 66.7 Å². The summed E-state index contributed by atoms with van der Waals surface area (Å²) in [5.41, 5.74) is 3.68. The van der Waals surface area contributed by atoms with Crippen LogP contribution in [-0.4, -0.2) is 30.0 Å². The largest absolute Gasteiger partial charge is 0.474 e. The zero-order valence-electron chi connectivity index (χ0n) is 16.7. The van der Waals surface area contributed by atoms with Crippen molar-refractivity contribution in [1.29, 1.82) is 0 Å². The zero-order valence-corrected chi connectivity index (χ0v) is 20.8. The van der Waals surface area contributed by atoms with Crippen LogP contribution < -0.4 is 0 Å². The minimum Gasteiger partial charge on any atom is -0.474 e. The Bertz CT molecular complexity index is 1010. The summed E-state index contributed by atoms with van der Waals surface area (Å²) < 4.78 is 11.6. The molecule has 3 aromatic rings. The number of pyridine rings is 1. The normalized spacial score (nSPS) is 19.7. The molecule has 0 bridgehead atoms. The number of ether oxygens (including phenoxy) is 2. The van der Waals surface area contributed by atoms with E-state index >= 15 is 0 Å². The summed E-state index contributed by atoms with van der Waals surface area (Å²) in [6, 6.07) is 26.1. The van der Waals surface area contributed by atoms with Gasteiger partial charge in [0.2, 0.25) is 11.8 Å². The molecule has 2 aliphatic rings. The zero-order chi connectivity index (χ0) is 22.3. The average molecular weight is 643 g/mol. The molecule has 9 heteroatoms. The van der Waals surface area contributed by atoms with Crippen molar-refractivity contribution in [1.82, 2.24) is 4.98 Å². The predicted octanol–water partition coefficient (Wildman–Crippen LogP) is 6.19. The molecule has 0 unspecified atom stereocenters. The van der Waals surface area contributed by atoms with Crippen LogP contribution in [0.15, 0.2) is 88.8 Å². The summed E-state index contributed by atoms with van der Waals surface area (Å²) in [6.07, 6.45) is 0. The van der Waals surface area contributed by atoms with Gasteiger partial charge in [-0.25, -0.2) is 15.0 Å². The van der Waals surface area contributed by atoms with Gasteiger partial charge >= 0.3 is 46.5 Å². The molecule has 0 saturated carbocycles. The van der Waals surface area contributed by atoms with Gasteiger partial charge in [0, 0.05) is 0 Å². The third kappa shape index (κ3) is 6.37. The molecule has 0 aliphatic carbocycles. The molecule has 2 aliphatic heterocycles. The van der Waals surface area contributed by atoms with Gasteiger partial charge in [0.15, 0.2) is 0 Å². The van der Waals surface area contributed by atoms with Gasteiger partial charge in [-0.2, -0.15) is 0 Å². The summed E-state index contributed by atoms with van der Waals surface area (Å²) in [4.78, 5) is 14.1. The topological polar surface area (TPSA) is 56.1 Å². The monoisotopic (exact) mass is 640 g/mol. The van der Waals surface area contributed by atoms with Gasteiger partial charge in [0.05, 0.1) is 0 Å². The van der Waals surface area contributed by atoms with Gasteiger partial charge in [0.25, 0.3) is 0 Å². The summed E-state index contributed by atoms with van der Waals surface area (Å²) in [5, 5.41) is 0. The van der Waals surface area contributed by atoms with Crippen LogP contribution in [0.3, 0.4) is 0 Å². The first-order valence-electron chi connectivity index (χ1n) is 9.68. The van der Waals surface area contributed by atoms with Gasteiger partial charge in [-0.05, 0) is 23.3 Å². The molecular formula is C23H19Cl3ErN3O2. The molecule has 1 aromatic heterocycles. The fourth-order valence-corrected chi connectivity index (χ4v) is 3.39. The maximum atomic E-state index is 5.82. The van der Waals surface area contributed by atoms with E-state index in [0.717, 1.165) is 11.1 Å². The average Bonchev–Trinajstić information content (AvgIpc) is 3.51. The number of aromatic nitrogens is 1. The Morgan fingerprint density at radius 2 is 1.03 bits per heavy atom. The minimum absolute atomic E-state index is 0.00388. The fraction of sp³-hybridized carbons (Fsp3) is 0.174. The first-order chi connectivity index (χ1) is 15.6. The van der Waals surface area contributed by atoms with Gasteiger partial charge in [-0.3, -0.25) is 0 Å². The van der Waals surface area contributed by atoms with E-state index in [2.05, 4.69) is 29.2 Å². The molecule has 5 rings (SSSR count). The third-order valence-corrected chi connectivity index (χ3v) is 4.86.